The largest absolute Gasteiger partial charge is 0.352 e. The van der Waals surface area contributed by atoms with Crippen LogP contribution in [0.5, 0.6) is 0 Å². The number of guanidine groups is 1. The summed E-state index contributed by atoms with van der Waals surface area (Å²) in [5, 5.41) is 7.80. The Morgan fingerprint density at radius 3 is 2.88 bits per heavy atom. The number of aliphatic imine (C=N–C) groups is 1. The number of rotatable bonds is 4. The molecule has 0 saturated carbocycles. The van der Waals surface area contributed by atoms with Gasteiger partial charge in [-0.1, -0.05) is 24.3 Å². The molecule has 1 aliphatic rings. The van der Waals surface area contributed by atoms with E-state index in [0.717, 1.165) is 37.9 Å². The van der Waals surface area contributed by atoms with Crippen LogP contribution in [-0.4, -0.2) is 51.3 Å². The van der Waals surface area contributed by atoms with Gasteiger partial charge in [-0.25, -0.2) is 0 Å². The summed E-state index contributed by atoms with van der Waals surface area (Å²) in [7, 11) is 1.87. The Labute approximate surface area is 154 Å². The number of aromatic nitrogens is 2. The summed E-state index contributed by atoms with van der Waals surface area (Å²) in [5.41, 5.74) is 2.52. The maximum atomic E-state index is 4.48. The Hall–Kier alpha value is -1.95. The van der Waals surface area contributed by atoms with Gasteiger partial charge >= 0.3 is 0 Å². The Kier molecular flexibility index (Phi) is 5.68. The molecule has 1 aromatic carbocycles. The molecular weight excluding hydrogens is 330 g/mol. The molecule has 6 heteroatoms. The fraction of sp³-hybridized carbons (Fsp3) is 0.474. The van der Waals surface area contributed by atoms with Crippen LogP contribution < -0.4 is 5.32 Å². The molecule has 1 aliphatic heterocycles. The van der Waals surface area contributed by atoms with Crippen LogP contribution in [0.4, 0.5) is 0 Å². The molecule has 0 amide bonds. The lowest BCUT2D eigenvalue weighted by molar-refractivity contribution is 0.375. The van der Waals surface area contributed by atoms with E-state index in [0.29, 0.717) is 0 Å². The predicted molar refractivity (Wildman–Crippen MR) is 106 cm³/mol. The molecule has 134 valence electrons. The van der Waals surface area contributed by atoms with Crippen molar-refractivity contribution in [3.63, 3.8) is 0 Å². The molecule has 0 bridgehead atoms. The zero-order valence-electron chi connectivity index (χ0n) is 15.3. The molecule has 1 fully saturated rings. The van der Waals surface area contributed by atoms with Crippen LogP contribution in [-0.2, 0) is 13.1 Å². The van der Waals surface area contributed by atoms with E-state index in [4.69, 9.17) is 0 Å². The Balaban J connectivity index is 1.60. The lowest BCUT2D eigenvalue weighted by atomic mass is 10.1. The summed E-state index contributed by atoms with van der Waals surface area (Å²) in [6.07, 6.45) is 3.80. The number of hydrogen-bond acceptors (Lipinski definition) is 3. The molecule has 0 spiro atoms. The Bertz CT molecular complexity index is 708. The normalized spacial score (nSPS) is 17.6. The minimum absolute atomic E-state index is 0.277. The second kappa shape index (κ2) is 7.95. The molecule has 0 aliphatic carbocycles. The highest BCUT2D eigenvalue weighted by Crippen LogP contribution is 2.29. The van der Waals surface area contributed by atoms with Gasteiger partial charge in [0.25, 0.3) is 0 Å². The molecule has 25 heavy (non-hydrogen) atoms. The van der Waals surface area contributed by atoms with Gasteiger partial charge in [0.1, 0.15) is 0 Å². The molecule has 3 rings (SSSR count). The van der Waals surface area contributed by atoms with Crippen molar-refractivity contribution in [2.24, 2.45) is 4.99 Å². The molecule has 1 saturated heterocycles. The van der Waals surface area contributed by atoms with Crippen molar-refractivity contribution in [2.75, 3.05) is 25.9 Å². The van der Waals surface area contributed by atoms with E-state index >= 15 is 0 Å². The third kappa shape index (κ3) is 5.01. The van der Waals surface area contributed by atoms with Gasteiger partial charge in [-0.15, -0.1) is 0 Å². The molecule has 1 N–H and O–H groups in total. The van der Waals surface area contributed by atoms with Crippen LogP contribution in [0.25, 0.3) is 0 Å². The first kappa shape index (κ1) is 17.9. The van der Waals surface area contributed by atoms with Crippen molar-refractivity contribution in [3.05, 3.63) is 53.9 Å². The average Bonchev–Trinajstić information content (AvgIpc) is 3.08. The minimum Gasteiger partial charge on any atom is -0.352 e. The molecule has 2 aromatic rings. The summed E-state index contributed by atoms with van der Waals surface area (Å²) in [6, 6.07) is 10.6. The van der Waals surface area contributed by atoms with Crippen LogP contribution in [0.3, 0.4) is 0 Å². The van der Waals surface area contributed by atoms with Gasteiger partial charge in [0.05, 0.1) is 6.54 Å². The maximum Gasteiger partial charge on any atom is 0.193 e. The van der Waals surface area contributed by atoms with Gasteiger partial charge in [0.15, 0.2) is 5.96 Å². The zero-order valence-corrected chi connectivity index (χ0v) is 16.1. The molecule has 1 aromatic heterocycles. The van der Waals surface area contributed by atoms with E-state index < -0.39 is 0 Å². The fourth-order valence-electron chi connectivity index (χ4n) is 3.13. The van der Waals surface area contributed by atoms with E-state index in [-0.39, 0.29) is 4.75 Å². The molecule has 0 unspecified atom stereocenters. The Morgan fingerprint density at radius 1 is 1.32 bits per heavy atom. The molecule has 2 heterocycles. The van der Waals surface area contributed by atoms with Gasteiger partial charge in [-0.05, 0) is 31.0 Å². The number of hydrogen-bond donors (Lipinski definition) is 1. The molecular formula is C19H27N5S. The van der Waals surface area contributed by atoms with Crippen LogP contribution in [0.1, 0.15) is 25.0 Å². The van der Waals surface area contributed by atoms with Crippen LogP contribution in [0.2, 0.25) is 0 Å². The highest BCUT2D eigenvalue weighted by atomic mass is 32.2. The standard InChI is InChI=1S/C19H27N5S/c1-19(2)15-23(10-11-25-19)18(20-3)21-13-16-6-4-7-17(12-16)14-24-9-5-8-22-24/h4-9,12H,10-11,13-15H2,1-3H3,(H,20,21). The zero-order chi connectivity index (χ0) is 17.7. The smallest absolute Gasteiger partial charge is 0.193 e. The Morgan fingerprint density at radius 2 is 2.16 bits per heavy atom. The van der Waals surface area contributed by atoms with Crippen molar-refractivity contribution in [2.45, 2.75) is 31.7 Å². The average molecular weight is 358 g/mol. The first-order chi connectivity index (χ1) is 12.1. The maximum absolute atomic E-state index is 4.48. The van der Waals surface area contributed by atoms with Gasteiger partial charge in [0, 0.05) is 49.6 Å². The van der Waals surface area contributed by atoms with E-state index in [1.54, 1.807) is 0 Å². The van der Waals surface area contributed by atoms with Crippen molar-refractivity contribution in [1.29, 1.82) is 0 Å². The van der Waals surface area contributed by atoms with Crippen molar-refractivity contribution < 1.29 is 0 Å². The number of thioether (sulfide) groups is 1. The molecule has 0 radical (unpaired) electrons. The van der Waals surface area contributed by atoms with Crippen molar-refractivity contribution >= 4 is 17.7 Å². The monoisotopic (exact) mass is 357 g/mol. The van der Waals surface area contributed by atoms with E-state index in [1.165, 1.54) is 11.1 Å². The summed E-state index contributed by atoms with van der Waals surface area (Å²) in [4.78, 5) is 6.85. The quantitative estimate of drug-likeness (QED) is 0.675. The summed E-state index contributed by atoms with van der Waals surface area (Å²) < 4.78 is 2.22. The summed E-state index contributed by atoms with van der Waals surface area (Å²) >= 11 is 2.04. The van der Waals surface area contributed by atoms with Crippen LogP contribution >= 0.6 is 11.8 Å². The third-order valence-electron chi connectivity index (χ3n) is 4.28. The van der Waals surface area contributed by atoms with Crippen LogP contribution in [0, 0.1) is 0 Å². The van der Waals surface area contributed by atoms with Gasteiger partial charge < -0.3 is 10.2 Å². The van der Waals surface area contributed by atoms with Crippen molar-refractivity contribution in [3.8, 4) is 0 Å². The fourth-order valence-corrected chi connectivity index (χ4v) is 4.24. The topological polar surface area (TPSA) is 45.5 Å². The van der Waals surface area contributed by atoms with E-state index in [1.807, 2.05) is 42.0 Å². The molecule has 0 atom stereocenters. The number of benzene rings is 1. The second-order valence-electron chi connectivity index (χ2n) is 6.95. The SMILES string of the molecule is CN=C(NCc1cccc(Cn2cccn2)c1)N1CCSC(C)(C)C1. The second-order valence-corrected chi connectivity index (χ2v) is 8.76. The van der Waals surface area contributed by atoms with E-state index in [9.17, 15) is 0 Å². The van der Waals surface area contributed by atoms with Gasteiger partial charge in [-0.3, -0.25) is 9.67 Å². The number of nitrogens with one attached hydrogen (secondary N) is 1. The third-order valence-corrected chi connectivity index (χ3v) is 5.58. The lowest BCUT2D eigenvalue weighted by Gasteiger charge is -2.39. The van der Waals surface area contributed by atoms with Gasteiger partial charge in [-0.2, -0.15) is 16.9 Å². The predicted octanol–water partition coefficient (Wildman–Crippen LogP) is 2.83. The highest BCUT2D eigenvalue weighted by Gasteiger charge is 2.28. The molecule has 5 nitrogen and oxygen atoms in total. The minimum atomic E-state index is 0.277. The number of nitrogens with zero attached hydrogens (tertiary/aromatic N) is 4. The van der Waals surface area contributed by atoms with Gasteiger partial charge in [0.2, 0.25) is 0 Å². The highest BCUT2D eigenvalue weighted by molar-refractivity contribution is 8.00. The summed E-state index contributed by atoms with van der Waals surface area (Å²) in [5.74, 6) is 2.14. The van der Waals surface area contributed by atoms with Crippen molar-refractivity contribution in [1.82, 2.24) is 20.0 Å². The van der Waals surface area contributed by atoms with Crippen LogP contribution in [0.15, 0.2) is 47.7 Å². The first-order valence-electron chi connectivity index (χ1n) is 8.70. The summed E-state index contributed by atoms with van der Waals surface area (Å²) in [6.45, 7) is 8.26. The lowest BCUT2D eigenvalue weighted by Crippen LogP contribution is -2.50. The van der Waals surface area contributed by atoms with E-state index in [2.05, 4.69) is 58.4 Å². The first-order valence-corrected chi connectivity index (χ1v) is 9.69.